The highest BCUT2D eigenvalue weighted by Crippen LogP contribution is 2.19. The molecule has 0 saturated heterocycles. The molecule has 0 bridgehead atoms. The summed E-state index contributed by atoms with van der Waals surface area (Å²) in [7, 11) is 2.82. The van der Waals surface area contributed by atoms with Crippen molar-refractivity contribution in [2.75, 3.05) is 11.9 Å². The lowest BCUT2D eigenvalue weighted by Gasteiger charge is -2.09. The monoisotopic (exact) mass is 463 g/mol. The zero-order valence-electron chi connectivity index (χ0n) is 15.9. The summed E-state index contributed by atoms with van der Waals surface area (Å²) in [5.74, 6) is -1.21. The molecule has 0 unspecified atom stereocenters. The molecule has 10 nitrogen and oxygen atoms in total. The minimum Gasteiger partial charge on any atom is -0.454 e. The maximum atomic E-state index is 12.4. The lowest BCUT2D eigenvalue weighted by atomic mass is 10.2. The van der Waals surface area contributed by atoms with Gasteiger partial charge in [-0.2, -0.15) is 0 Å². The second-order valence-corrected chi connectivity index (χ2v) is 7.28. The third-order valence-corrected chi connectivity index (χ3v) is 5.21. The highest BCUT2D eigenvalue weighted by Gasteiger charge is 2.17. The number of fused-ring (bicyclic) bond motifs is 1. The van der Waals surface area contributed by atoms with Crippen LogP contribution in [0.3, 0.4) is 0 Å². The van der Waals surface area contributed by atoms with Crippen LogP contribution in [-0.4, -0.2) is 37.2 Å². The number of nitrogens with zero attached hydrogens (tertiary/aromatic N) is 4. The molecular weight excluding hydrogens is 446 g/mol. The van der Waals surface area contributed by atoms with E-state index in [4.69, 9.17) is 4.74 Å². The number of ether oxygens (including phenoxy) is 1. The number of aryl methyl sites for hydroxylation is 2. The number of amides is 1. The Morgan fingerprint density at radius 2 is 1.93 bits per heavy atom. The molecule has 0 spiro atoms. The van der Waals surface area contributed by atoms with Gasteiger partial charge in [-0.3, -0.25) is 23.5 Å². The number of imidazole rings is 1. The summed E-state index contributed by atoms with van der Waals surface area (Å²) in [6.45, 7) is 1.08. The predicted octanol–water partition coefficient (Wildman–Crippen LogP) is 0.687. The van der Waals surface area contributed by atoms with Crippen molar-refractivity contribution in [2.24, 2.45) is 14.1 Å². The number of carbonyl (C=O) groups is 2. The molecule has 1 N–H and O–H groups in total. The standard InChI is InChI=1S/C18H18BrN5O5/c1-10-6-11(4-5-12(10)19)21-13(25)8-29-14(26)7-24-9-20-16-15(24)17(27)23(3)18(28)22(16)2/h4-6,9H,7-8H2,1-3H3,(H,21,25). The van der Waals surface area contributed by atoms with Crippen LogP contribution in [0, 0.1) is 6.92 Å². The van der Waals surface area contributed by atoms with E-state index in [-0.39, 0.29) is 17.7 Å². The van der Waals surface area contributed by atoms with Crippen molar-refractivity contribution in [3.63, 3.8) is 0 Å². The number of benzene rings is 1. The summed E-state index contributed by atoms with van der Waals surface area (Å²) < 4.78 is 9.34. The third kappa shape index (κ3) is 4.14. The molecule has 1 amide bonds. The van der Waals surface area contributed by atoms with Crippen molar-refractivity contribution in [1.29, 1.82) is 0 Å². The second kappa shape index (κ2) is 8.03. The van der Waals surface area contributed by atoms with Crippen LogP contribution in [0.25, 0.3) is 11.2 Å². The minimum atomic E-state index is -0.720. The fraction of sp³-hybridized carbons (Fsp3) is 0.278. The van der Waals surface area contributed by atoms with Crippen LogP contribution in [0.5, 0.6) is 0 Å². The Morgan fingerprint density at radius 3 is 2.62 bits per heavy atom. The average molecular weight is 464 g/mol. The van der Waals surface area contributed by atoms with Crippen LogP contribution in [0.4, 0.5) is 5.69 Å². The second-order valence-electron chi connectivity index (χ2n) is 6.42. The fourth-order valence-electron chi connectivity index (χ4n) is 2.77. The van der Waals surface area contributed by atoms with Crippen LogP contribution < -0.4 is 16.6 Å². The Bertz CT molecular complexity index is 1240. The molecule has 3 aromatic rings. The SMILES string of the molecule is Cc1cc(NC(=O)COC(=O)Cn2cnc3c2c(=O)n(C)c(=O)n3C)ccc1Br. The molecule has 11 heteroatoms. The molecule has 0 fully saturated rings. The van der Waals surface area contributed by atoms with Crippen LogP contribution in [0.1, 0.15) is 5.56 Å². The van der Waals surface area contributed by atoms with Gasteiger partial charge in [0.1, 0.15) is 6.54 Å². The third-order valence-electron chi connectivity index (χ3n) is 4.32. The fourth-order valence-corrected chi connectivity index (χ4v) is 3.01. The number of rotatable bonds is 5. The topological polar surface area (TPSA) is 117 Å². The van der Waals surface area contributed by atoms with Crippen molar-refractivity contribution in [3.8, 4) is 0 Å². The normalized spacial score (nSPS) is 10.9. The van der Waals surface area contributed by atoms with Crippen molar-refractivity contribution in [2.45, 2.75) is 13.5 Å². The predicted molar refractivity (Wildman–Crippen MR) is 109 cm³/mol. The molecule has 152 valence electrons. The molecule has 2 aromatic heterocycles. The molecular formula is C18H18BrN5O5. The van der Waals surface area contributed by atoms with Gasteiger partial charge in [0.25, 0.3) is 11.5 Å². The van der Waals surface area contributed by atoms with E-state index in [1.165, 1.54) is 29.6 Å². The zero-order chi connectivity index (χ0) is 21.3. The first-order chi connectivity index (χ1) is 13.7. The molecule has 0 saturated carbocycles. The number of halogens is 1. The van der Waals surface area contributed by atoms with Crippen molar-refractivity contribution in [1.82, 2.24) is 18.7 Å². The number of hydrogen-bond acceptors (Lipinski definition) is 6. The van der Waals surface area contributed by atoms with E-state index < -0.39 is 29.7 Å². The van der Waals surface area contributed by atoms with Crippen molar-refractivity contribution < 1.29 is 14.3 Å². The minimum absolute atomic E-state index is 0.0985. The van der Waals surface area contributed by atoms with Crippen LogP contribution >= 0.6 is 15.9 Å². The lowest BCUT2D eigenvalue weighted by Crippen LogP contribution is -2.37. The average Bonchev–Trinajstić information content (AvgIpc) is 3.09. The molecule has 2 heterocycles. The number of carbonyl (C=O) groups excluding carboxylic acids is 2. The zero-order valence-corrected chi connectivity index (χ0v) is 17.5. The first kappa shape index (κ1) is 20.5. The summed E-state index contributed by atoms with van der Waals surface area (Å²) in [5, 5.41) is 2.64. The summed E-state index contributed by atoms with van der Waals surface area (Å²) in [5.41, 5.74) is 0.696. The highest BCUT2D eigenvalue weighted by molar-refractivity contribution is 9.10. The van der Waals surface area contributed by atoms with Gasteiger partial charge in [-0.1, -0.05) is 15.9 Å². The van der Waals surface area contributed by atoms with E-state index in [9.17, 15) is 19.2 Å². The molecule has 29 heavy (non-hydrogen) atoms. The van der Waals surface area contributed by atoms with Crippen molar-refractivity contribution in [3.05, 3.63) is 55.4 Å². The van der Waals surface area contributed by atoms with Gasteiger partial charge >= 0.3 is 11.7 Å². The number of anilines is 1. The van der Waals surface area contributed by atoms with Gasteiger partial charge in [0.2, 0.25) is 0 Å². The van der Waals surface area contributed by atoms with Gasteiger partial charge in [-0.05, 0) is 30.7 Å². The lowest BCUT2D eigenvalue weighted by molar-refractivity contribution is -0.147. The van der Waals surface area contributed by atoms with Gasteiger partial charge in [-0.25, -0.2) is 9.78 Å². The molecule has 1 aromatic carbocycles. The van der Waals surface area contributed by atoms with E-state index >= 15 is 0 Å². The quantitative estimate of drug-likeness (QED) is 0.556. The number of esters is 1. The first-order valence-electron chi connectivity index (χ1n) is 8.51. The van der Waals surface area contributed by atoms with Crippen molar-refractivity contribution >= 4 is 44.7 Å². The summed E-state index contributed by atoms with van der Waals surface area (Å²) in [4.78, 5) is 52.4. The van der Waals surface area contributed by atoms with Gasteiger partial charge in [-0.15, -0.1) is 0 Å². The molecule has 0 aliphatic carbocycles. The van der Waals surface area contributed by atoms with Gasteiger partial charge in [0.15, 0.2) is 17.8 Å². The Kier molecular flexibility index (Phi) is 5.69. The van der Waals surface area contributed by atoms with Crippen LogP contribution in [0.15, 0.2) is 38.6 Å². The van der Waals surface area contributed by atoms with Crippen LogP contribution in [-0.2, 0) is 35.0 Å². The molecule has 0 aliphatic rings. The van der Waals surface area contributed by atoms with Gasteiger partial charge in [0.05, 0.1) is 6.33 Å². The van der Waals surface area contributed by atoms with E-state index in [0.717, 1.165) is 14.6 Å². The Labute approximate surface area is 172 Å². The van der Waals surface area contributed by atoms with E-state index in [0.29, 0.717) is 5.69 Å². The van der Waals surface area contributed by atoms with E-state index in [1.807, 2.05) is 6.92 Å². The van der Waals surface area contributed by atoms with Crippen LogP contribution in [0.2, 0.25) is 0 Å². The summed E-state index contributed by atoms with van der Waals surface area (Å²) in [6.07, 6.45) is 1.28. The maximum absolute atomic E-state index is 12.4. The van der Waals surface area contributed by atoms with E-state index in [1.54, 1.807) is 18.2 Å². The molecule has 0 radical (unpaired) electrons. The number of aromatic nitrogens is 4. The smallest absolute Gasteiger partial charge is 0.332 e. The summed E-state index contributed by atoms with van der Waals surface area (Å²) in [6, 6.07) is 5.30. The first-order valence-corrected chi connectivity index (χ1v) is 9.31. The molecule has 0 aliphatic heterocycles. The summed E-state index contributed by atoms with van der Waals surface area (Å²) >= 11 is 3.38. The highest BCUT2D eigenvalue weighted by atomic mass is 79.9. The Hall–Kier alpha value is -3.21. The van der Waals surface area contributed by atoms with Gasteiger partial charge < -0.3 is 14.6 Å². The Balaban J connectivity index is 1.67. The largest absolute Gasteiger partial charge is 0.454 e. The Morgan fingerprint density at radius 1 is 1.21 bits per heavy atom. The molecule has 0 atom stereocenters. The molecule has 3 rings (SSSR count). The van der Waals surface area contributed by atoms with Gasteiger partial charge in [0, 0.05) is 24.3 Å². The number of hydrogen-bond donors (Lipinski definition) is 1. The maximum Gasteiger partial charge on any atom is 0.332 e. The van der Waals surface area contributed by atoms with E-state index in [2.05, 4.69) is 26.2 Å². The number of nitrogens with one attached hydrogen (secondary N) is 1.